The predicted molar refractivity (Wildman–Crippen MR) is 88.1 cm³/mol. The zero-order chi connectivity index (χ0) is 15.8. The van der Waals surface area contributed by atoms with E-state index in [0.717, 1.165) is 25.2 Å². The second-order valence-corrected chi connectivity index (χ2v) is 8.22. The van der Waals surface area contributed by atoms with Crippen molar-refractivity contribution in [2.75, 3.05) is 0 Å². The highest BCUT2D eigenvalue weighted by Crippen LogP contribution is 2.52. The Kier molecular flexibility index (Phi) is 5.20. The number of hydrogen-bond donors (Lipinski definition) is 0. The van der Waals surface area contributed by atoms with E-state index in [9.17, 15) is 0 Å². The second-order valence-electron chi connectivity index (χ2n) is 8.22. The topological polar surface area (TPSA) is 18.5 Å². The standard InChI is InChI=1S/C19H34O2/c1-12(2)8-14(5)18-11-19(10-17(18)9-13(3)4)20-15(6)16(7)21-19/h12-13,15-18H,5,8-11H2,1-4,6-7H3/t15-,16-,17-,18+/m1/s1. The van der Waals surface area contributed by atoms with Crippen LogP contribution >= 0.6 is 0 Å². The van der Waals surface area contributed by atoms with Crippen molar-refractivity contribution in [1.29, 1.82) is 0 Å². The van der Waals surface area contributed by atoms with E-state index in [-0.39, 0.29) is 18.0 Å². The summed E-state index contributed by atoms with van der Waals surface area (Å²) in [4.78, 5) is 0. The largest absolute Gasteiger partial charge is 0.344 e. The van der Waals surface area contributed by atoms with Crippen LogP contribution in [-0.4, -0.2) is 18.0 Å². The van der Waals surface area contributed by atoms with Gasteiger partial charge in [-0.3, -0.25) is 0 Å². The third-order valence-electron chi connectivity index (χ3n) is 5.10. The van der Waals surface area contributed by atoms with E-state index in [2.05, 4.69) is 48.1 Å². The monoisotopic (exact) mass is 294 g/mol. The molecule has 2 nitrogen and oxygen atoms in total. The first-order chi connectivity index (χ1) is 9.72. The summed E-state index contributed by atoms with van der Waals surface area (Å²) in [7, 11) is 0. The molecule has 122 valence electrons. The molecule has 0 aromatic heterocycles. The maximum Gasteiger partial charge on any atom is 0.170 e. The zero-order valence-corrected chi connectivity index (χ0v) is 14.8. The van der Waals surface area contributed by atoms with Gasteiger partial charge in [0.05, 0.1) is 12.2 Å². The number of rotatable bonds is 5. The molecule has 0 aromatic carbocycles. The lowest BCUT2D eigenvalue weighted by atomic mass is 9.81. The fourth-order valence-corrected chi connectivity index (χ4v) is 4.22. The van der Waals surface area contributed by atoms with Crippen molar-refractivity contribution in [2.24, 2.45) is 23.7 Å². The maximum atomic E-state index is 6.26. The Morgan fingerprint density at radius 2 is 1.62 bits per heavy atom. The fraction of sp³-hybridized carbons (Fsp3) is 0.895. The molecule has 0 amide bonds. The molecule has 1 spiro atoms. The molecule has 2 fully saturated rings. The van der Waals surface area contributed by atoms with Gasteiger partial charge in [-0.05, 0) is 50.4 Å². The van der Waals surface area contributed by atoms with Gasteiger partial charge in [0.15, 0.2) is 5.79 Å². The van der Waals surface area contributed by atoms with Crippen LogP contribution in [0.5, 0.6) is 0 Å². The second kappa shape index (κ2) is 6.42. The highest BCUT2D eigenvalue weighted by atomic mass is 16.8. The Morgan fingerprint density at radius 3 is 2.10 bits per heavy atom. The minimum absolute atomic E-state index is 0.210. The summed E-state index contributed by atoms with van der Waals surface area (Å²) in [6.07, 6.45) is 4.84. The molecule has 1 saturated carbocycles. The molecule has 0 aromatic rings. The summed E-state index contributed by atoms with van der Waals surface area (Å²) in [5, 5.41) is 0. The van der Waals surface area contributed by atoms with Crippen molar-refractivity contribution < 1.29 is 9.47 Å². The molecular formula is C19H34O2. The molecule has 2 heteroatoms. The molecule has 2 rings (SSSR count). The molecule has 0 unspecified atom stereocenters. The van der Waals surface area contributed by atoms with Crippen LogP contribution in [0.2, 0.25) is 0 Å². The van der Waals surface area contributed by atoms with Crippen molar-refractivity contribution >= 4 is 0 Å². The molecule has 4 atom stereocenters. The predicted octanol–water partition coefficient (Wildman–Crippen LogP) is 5.18. The van der Waals surface area contributed by atoms with Crippen molar-refractivity contribution in [2.45, 2.75) is 85.2 Å². The Bertz CT molecular complexity index is 362. The van der Waals surface area contributed by atoms with E-state index in [1.54, 1.807) is 0 Å². The van der Waals surface area contributed by atoms with Crippen LogP contribution in [0.15, 0.2) is 12.2 Å². The summed E-state index contributed by atoms with van der Waals surface area (Å²) in [6.45, 7) is 17.9. The van der Waals surface area contributed by atoms with Crippen LogP contribution in [0.25, 0.3) is 0 Å². The lowest BCUT2D eigenvalue weighted by Crippen LogP contribution is -2.27. The molecule has 1 saturated heterocycles. The molecule has 1 aliphatic heterocycles. The van der Waals surface area contributed by atoms with E-state index < -0.39 is 0 Å². The van der Waals surface area contributed by atoms with Gasteiger partial charge in [-0.1, -0.05) is 39.8 Å². The van der Waals surface area contributed by atoms with Crippen LogP contribution in [0, 0.1) is 23.7 Å². The SMILES string of the molecule is C=C(CC(C)C)[C@@H]1CC2(C[C@H]1CC(C)C)O[C@H](C)[C@@H](C)O2. The summed E-state index contributed by atoms with van der Waals surface area (Å²) in [5.41, 5.74) is 1.41. The minimum Gasteiger partial charge on any atom is -0.344 e. The quantitative estimate of drug-likeness (QED) is 0.650. The first-order valence-electron chi connectivity index (χ1n) is 8.75. The van der Waals surface area contributed by atoms with Gasteiger partial charge in [0.2, 0.25) is 0 Å². The molecule has 0 N–H and O–H groups in total. The molecule has 0 bridgehead atoms. The van der Waals surface area contributed by atoms with Gasteiger partial charge in [0.25, 0.3) is 0 Å². The highest BCUT2D eigenvalue weighted by Gasteiger charge is 2.53. The lowest BCUT2D eigenvalue weighted by molar-refractivity contribution is -0.170. The Labute approximate surface area is 131 Å². The molecule has 0 radical (unpaired) electrons. The Balaban J connectivity index is 2.12. The van der Waals surface area contributed by atoms with E-state index in [1.165, 1.54) is 12.0 Å². The van der Waals surface area contributed by atoms with Crippen LogP contribution in [-0.2, 0) is 9.47 Å². The minimum atomic E-state index is -0.330. The third-order valence-corrected chi connectivity index (χ3v) is 5.10. The third kappa shape index (κ3) is 3.90. The molecular weight excluding hydrogens is 260 g/mol. The summed E-state index contributed by atoms with van der Waals surface area (Å²) >= 11 is 0. The molecule has 21 heavy (non-hydrogen) atoms. The Hall–Kier alpha value is -0.340. The van der Waals surface area contributed by atoms with E-state index in [1.807, 2.05) is 0 Å². The normalized spacial score (nSPS) is 35.2. The maximum absolute atomic E-state index is 6.26. The average Bonchev–Trinajstić information content (AvgIpc) is 2.78. The number of hydrogen-bond acceptors (Lipinski definition) is 2. The first-order valence-corrected chi connectivity index (χ1v) is 8.75. The highest BCUT2D eigenvalue weighted by molar-refractivity contribution is 5.10. The van der Waals surface area contributed by atoms with Gasteiger partial charge in [-0.25, -0.2) is 0 Å². The summed E-state index contributed by atoms with van der Waals surface area (Å²) in [5.74, 6) is 2.29. The summed E-state index contributed by atoms with van der Waals surface area (Å²) in [6, 6.07) is 0. The Morgan fingerprint density at radius 1 is 1.05 bits per heavy atom. The van der Waals surface area contributed by atoms with Crippen molar-refractivity contribution in [1.82, 2.24) is 0 Å². The number of ether oxygens (including phenoxy) is 2. The van der Waals surface area contributed by atoms with Gasteiger partial charge in [-0.2, -0.15) is 0 Å². The van der Waals surface area contributed by atoms with Crippen LogP contribution in [0.1, 0.15) is 67.2 Å². The first kappa shape index (κ1) is 17.0. The van der Waals surface area contributed by atoms with Gasteiger partial charge >= 0.3 is 0 Å². The van der Waals surface area contributed by atoms with Crippen LogP contribution in [0.4, 0.5) is 0 Å². The molecule has 1 aliphatic carbocycles. The van der Waals surface area contributed by atoms with Gasteiger partial charge in [-0.15, -0.1) is 0 Å². The van der Waals surface area contributed by atoms with Gasteiger partial charge < -0.3 is 9.47 Å². The van der Waals surface area contributed by atoms with E-state index in [0.29, 0.717) is 17.8 Å². The van der Waals surface area contributed by atoms with E-state index >= 15 is 0 Å². The van der Waals surface area contributed by atoms with E-state index in [4.69, 9.17) is 9.47 Å². The summed E-state index contributed by atoms with van der Waals surface area (Å²) < 4.78 is 12.5. The number of allylic oxidation sites excluding steroid dienone is 1. The van der Waals surface area contributed by atoms with Crippen molar-refractivity contribution in [3.05, 3.63) is 12.2 Å². The van der Waals surface area contributed by atoms with Gasteiger partial charge in [0, 0.05) is 12.8 Å². The molecule has 1 heterocycles. The van der Waals surface area contributed by atoms with Crippen molar-refractivity contribution in [3.8, 4) is 0 Å². The fourth-order valence-electron chi connectivity index (χ4n) is 4.22. The zero-order valence-electron chi connectivity index (χ0n) is 14.8. The van der Waals surface area contributed by atoms with Crippen LogP contribution in [0.3, 0.4) is 0 Å². The molecule has 2 aliphatic rings. The smallest absolute Gasteiger partial charge is 0.170 e. The average molecular weight is 294 g/mol. The van der Waals surface area contributed by atoms with Crippen LogP contribution < -0.4 is 0 Å². The van der Waals surface area contributed by atoms with Gasteiger partial charge in [0.1, 0.15) is 0 Å². The van der Waals surface area contributed by atoms with Crippen molar-refractivity contribution in [3.63, 3.8) is 0 Å². The lowest BCUT2D eigenvalue weighted by Gasteiger charge is -2.24.